The van der Waals surface area contributed by atoms with Crippen LogP contribution >= 0.6 is 0 Å². The Balaban J connectivity index is 2.75. The Morgan fingerprint density at radius 2 is 2.00 bits per heavy atom. The number of esters is 1. The lowest BCUT2D eigenvalue weighted by Crippen LogP contribution is -2.46. The summed E-state index contributed by atoms with van der Waals surface area (Å²) in [6.07, 6.45) is -0.314. The van der Waals surface area contributed by atoms with Crippen molar-refractivity contribution >= 4 is 11.9 Å². The molecule has 0 unspecified atom stereocenters. The molecular formula is C14H22N2O4. The normalized spacial score (nSPS) is 12.9. The number of nitrogens with zero attached hydrogens (tertiary/aromatic N) is 1. The Labute approximate surface area is 118 Å². The van der Waals surface area contributed by atoms with Crippen molar-refractivity contribution in [2.24, 2.45) is 0 Å². The van der Waals surface area contributed by atoms with Crippen LogP contribution in [0.2, 0.25) is 0 Å². The van der Waals surface area contributed by atoms with Crippen LogP contribution in [0.5, 0.6) is 0 Å². The maximum Gasteiger partial charge on any atom is 0.344 e. The minimum Gasteiger partial charge on any atom is -0.449 e. The molecule has 0 bridgehead atoms. The van der Waals surface area contributed by atoms with Gasteiger partial charge in [0.25, 0.3) is 5.91 Å². The number of aryl methyl sites for hydroxylation is 2. The first-order valence-electron chi connectivity index (χ1n) is 6.64. The van der Waals surface area contributed by atoms with Gasteiger partial charge in [-0.2, -0.15) is 0 Å². The fraction of sp³-hybridized carbons (Fsp3) is 0.643. The van der Waals surface area contributed by atoms with Gasteiger partial charge in [0.2, 0.25) is 0 Å². The third-order valence-electron chi connectivity index (χ3n) is 2.62. The Hall–Kier alpha value is -1.85. The second-order valence-corrected chi connectivity index (χ2v) is 5.70. The van der Waals surface area contributed by atoms with Gasteiger partial charge in [0, 0.05) is 5.54 Å². The first kappa shape index (κ1) is 16.2. The first-order valence-corrected chi connectivity index (χ1v) is 6.64. The van der Waals surface area contributed by atoms with Crippen LogP contribution in [0.4, 0.5) is 0 Å². The van der Waals surface area contributed by atoms with Crippen molar-refractivity contribution in [1.82, 2.24) is 10.5 Å². The zero-order chi connectivity index (χ0) is 15.5. The van der Waals surface area contributed by atoms with E-state index >= 15 is 0 Å². The topological polar surface area (TPSA) is 81.4 Å². The lowest BCUT2D eigenvalue weighted by Gasteiger charge is -2.23. The van der Waals surface area contributed by atoms with Crippen LogP contribution < -0.4 is 5.32 Å². The molecule has 0 aliphatic rings. The summed E-state index contributed by atoms with van der Waals surface area (Å²) in [5.74, 6) is -0.523. The van der Waals surface area contributed by atoms with Crippen LogP contribution in [0.1, 0.15) is 56.4 Å². The number of hydrogen-bond acceptors (Lipinski definition) is 5. The molecular weight excluding hydrogens is 260 g/mol. The molecule has 0 spiro atoms. The highest BCUT2D eigenvalue weighted by atomic mass is 16.5. The lowest BCUT2D eigenvalue weighted by atomic mass is 10.1. The van der Waals surface area contributed by atoms with Crippen LogP contribution in [-0.2, 0) is 16.0 Å². The minimum absolute atomic E-state index is 0.308. The van der Waals surface area contributed by atoms with E-state index in [4.69, 9.17) is 9.26 Å². The van der Waals surface area contributed by atoms with Crippen molar-refractivity contribution in [3.63, 3.8) is 0 Å². The maximum absolute atomic E-state index is 12.1. The molecule has 6 nitrogen and oxygen atoms in total. The number of rotatable bonds is 4. The van der Waals surface area contributed by atoms with Gasteiger partial charge in [0.15, 0.2) is 6.10 Å². The van der Waals surface area contributed by atoms with Crippen LogP contribution in [0, 0.1) is 6.92 Å². The fourth-order valence-corrected chi connectivity index (χ4v) is 1.67. The molecule has 112 valence electrons. The summed E-state index contributed by atoms with van der Waals surface area (Å²) < 4.78 is 10.2. The second kappa shape index (κ2) is 6.07. The molecule has 1 amide bonds. The summed E-state index contributed by atoms with van der Waals surface area (Å²) in [6, 6.07) is 0. The molecule has 0 aliphatic heterocycles. The SMILES string of the molecule is CCc1noc(C)c1C(=O)O[C@@H](C)C(=O)NC(C)(C)C. The molecule has 0 aliphatic carbocycles. The predicted octanol–water partition coefficient (Wildman–Crippen LogP) is 2.01. The Morgan fingerprint density at radius 3 is 2.50 bits per heavy atom. The van der Waals surface area contributed by atoms with Gasteiger partial charge in [0.1, 0.15) is 11.3 Å². The van der Waals surface area contributed by atoms with E-state index in [9.17, 15) is 9.59 Å². The number of carbonyl (C=O) groups is 2. The largest absolute Gasteiger partial charge is 0.449 e. The van der Waals surface area contributed by atoms with Crippen molar-refractivity contribution in [2.45, 2.75) is 59.6 Å². The van der Waals surface area contributed by atoms with Gasteiger partial charge in [0.05, 0.1) is 5.69 Å². The Bertz CT molecular complexity index is 500. The summed E-state index contributed by atoms with van der Waals surface area (Å²) in [4.78, 5) is 24.0. The molecule has 0 aromatic carbocycles. The molecule has 0 saturated carbocycles. The number of amides is 1. The summed E-state index contributed by atoms with van der Waals surface area (Å²) in [5, 5.41) is 6.55. The molecule has 0 radical (unpaired) electrons. The summed E-state index contributed by atoms with van der Waals surface area (Å²) >= 11 is 0. The average Bonchev–Trinajstić information content (AvgIpc) is 2.67. The molecule has 1 aromatic rings. The van der Waals surface area contributed by atoms with E-state index < -0.39 is 12.1 Å². The van der Waals surface area contributed by atoms with Crippen LogP contribution in [-0.4, -0.2) is 28.7 Å². The first-order chi connectivity index (χ1) is 9.15. The van der Waals surface area contributed by atoms with Gasteiger partial charge in [-0.3, -0.25) is 4.79 Å². The molecule has 1 heterocycles. The maximum atomic E-state index is 12.1. The molecule has 0 fully saturated rings. The number of carbonyl (C=O) groups excluding carboxylic acids is 2. The van der Waals surface area contributed by atoms with E-state index in [-0.39, 0.29) is 11.4 Å². The highest BCUT2D eigenvalue weighted by Crippen LogP contribution is 2.16. The highest BCUT2D eigenvalue weighted by molar-refractivity contribution is 5.94. The molecule has 1 atom stereocenters. The van der Waals surface area contributed by atoms with E-state index in [1.54, 1.807) is 6.92 Å². The second-order valence-electron chi connectivity index (χ2n) is 5.70. The van der Waals surface area contributed by atoms with E-state index in [0.717, 1.165) is 0 Å². The Kier molecular flexibility index (Phi) is 4.92. The van der Waals surface area contributed by atoms with Gasteiger partial charge in [-0.05, 0) is 41.0 Å². The lowest BCUT2D eigenvalue weighted by molar-refractivity contribution is -0.130. The third kappa shape index (κ3) is 4.08. The summed E-state index contributed by atoms with van der Waals surface area (Å²) in [6.45, 7) is 10.6. The zero-order valence-electron chi connectivity index (χ0n) is 12.9. The van der Waals surface area contributed by atoms with Crippen molar-refractivity contribution < 1.29 is 18.8 Å². The summed E-state index contributed by atoms with van der Waals surface area (Å²) in [7, 11) is 0. The van der Waals surface area contributed by atoms with E-state index in [0.29, 0.717) is 23.4 Å². The molecule has 6 heteroatoms. The standard InChI is InChI=1S/C14H22N2O4/c1-7-10-11(8(2)20-16-10)13(18)19-9(3)12(17)15-14(4,5)6/h9H,7H2,1-6H3,(H,15,17)/t9-/m0/s1. The number of ether oxygens (including phenoxy) is 1. The van der Waals surface area contributed by atoms with Crippen molar-refractivity contribution in [2.75, 3.05) is 0 Å². The van der Waals surface area contributed by atoms with Crippen molar-refractivity contribution in [3.05, 3.63) is 17.0 Å². The Morgan fingerprint density at radius 1 is 1.40 bits per heavy atom. The smallest absolute Gasteiger partial charge is 0.344 e. The fourth-order valence-electron chi connectivity index (χ4n) is 1.67. The van der Waals surface area contributed by atoms with E-state index in [1.807, 2.05) is 27.7 Å². The zero-order valence-corrected chi connectivity index (χ0v) is 12.9. The van der Waals surface area contributed by atoms with Gasteiger partial charge in [-0.1, -0.05) is 12.1 Å². The molecule has 1 N–H and O–H groups in total. The van der Waals surface area contributed by atoms with Gasteiger partial charge in [-0.25, -0.2) is 4.79 Å². The number of hydrogen-bond donors (Lipinski definition) is 1. The molecule has 0 saturated heterocycles. The molecule has 1 rings (SSSR count). The van der Waals surface area contributed by atoms with Gasteiger partial charge >= 0.3 is 5.97 Å². The summed E-state index contributed by atoms with van der Waals surface area (Å²) in [5.41, 5.74) is 0.471. The van der Waals surface area contributed by atoms with Crippen molar-refractivity contribution in [3.8, 4) is 0 Å². The monoisotopic (exact) mass is 282 g/mol. The highest BCUT2D eigenvalue weighted by Gasteiger charge is 2.26. The minimum atomic E-state index is -0.874. The van der Waals surface area contributed by atoms with E-state index in [2.05, 4.69) is 10.5 Å². The van der Waals surface area contributed by atoms with Gasteiger partial charge < -0.3 is 14.6 Å². The molecule has 1 aromatic heterocycles. The number of aromatic nitrogens is 1. The van der Waals surface area contributed by atoms with Crippen LogP contribution in [0.15, 0.2) is 4.52 Å². The quantitative estimate of drug-likeness (QED) is 0.854. The average molecular weight is 282 g/mol. The van der Waals surface area contributed by atoms with Crippen LogP contribution in [0.3, 0.4) is 0 Å². The molecule has 20 heavy (non-hydrogen) atoms. The van der Waals surface area contributed by atoms with Crippen LogP contribution in [0.25, 0.3) is 0 Å². The van der Waals surface area contributed by atoms with E-state index in [1.165, 1.54) is 6.92 Å². The predicted molar refractivity (Wildman–Crippen MR) is 73.4 cm³/mol. The van der Waals surface area contributed by atoms with Gasteiger partial charge in [-0.15, -0.1) is 0 Å². The third-order valence-corrected chi connectivity index (χ3v) is 2.62. The van der Waals surface area contributed by atoms with Crippen molar-refractivity contribution in [1.29, 1.82) is 0 Å². The number of nitrogens with one attached hydrogen (secondary N) is 1.